The lowest BCUT2D eigenvalue weighted by atomic mass is 9.89. The van der Waals surface area contributed by atoms with Crippen LogP contribution in [-0.2, 0) is 0 Å². The molecule has 0 aliphatic carbocycles. The van der Waals surface area contributed by atoms with Gasteiger partial charge in [-0.15, -0.1) is 0 Å². The minimum atomic E-state index is -0.662. The highest BCUT2D eigenvalue weighted by molar-refractivity contribution is 5.75. The number of amides is 2. The molecule has 106 valence electrons. The summed E-state index contributed by atoms with van der Waals surface area (Å²) in [4.78, 5) is 16.4. The number of rotatable bonds is 1. The SMILES string of the molecule is CC1CCCN(C(=O)NC2(C#N)CCN(C)CC2)C1. The van der Waals surface area contributed by atoms with Crippen LogP contribution in [0.15, 0.2) is 0 Å². The molecular formula is C14H24N4O. The van der Waals surface area contributed by atoms with Crippen LogP contribution in [0.3, 0.4) is 0 Å². The van der Waals surface area contributed by atoms with E-state index in [1.807, 2.05) is 4.90 Å². The Morgan fingerprint density at radius 1 is 1.37 bits per heavy atom. The zero-order chi connectivity index (χ0) is 13.9. The number of likely N-dealkylation sites (tertiary alicyclic amines) is 2. The number of hydrogen-bond donors (Lipinski definition) is 1. The van der Waals surface area contributed by atoms with Crippen molar-refractivity contribution in [3.05, 3.63) is 0 Å². The average molecular weight is 264 g/mol. The lowest BCUT2D eigenvalue weighted by Crippen LogP contribution is -2.58. The van der Waals surface area contributed by atoms with Crippen LogP contribution in [0, 0.1) is 17.2 Å². The highest BCUT2D eigenvalue weighted by Gasteiger charge is 2.36. The molecule has 1 unspecified atom stereocenters. The summed E-state index contributed by atoms with van der Waals surface area (Å²) in [6, 6.07) is 2.28. The predicted octanol–water partition coefficient (Wildman–Crippen LogP) is 1.42. The maximum atomic E-state index is 12.3. The fourth-order valence-corrected chi connectivity index (χ4v) is 2.92. The fraction of sp³-hybridized carbons (Fsp3) is 0.857. The minimum absolute atomic E-state index is 0.0577. The molecule has 2 amide bonds. The molecule has 0 aromatic rings. The molecule has 0 aromatic carbocycles. The predicted molar refractivity (Wildman–Crippen MR) is 73.6 cm³/mol. The molecule has 0 spiro atoms. The molecule has 5 nitrogen and oxygen atoms in total. The quantitative estimate of drug-likeness (QED) is 0.779. The molecule has 2 saturated heterocycles. The number of nitrogens with one attached hydrogen (secondary N) is 1. The molecule has 0 bridgehead atoms. The largest absolute Gasteiger partial charge is 0.325 e. The summed E-state index contributed by atoms with van der Waals surface area (Å²) in [5, 5.41) is 12.4. The van der Waals surface area contributed by atoms with Crippen LogP contribution < -0.4 is 5.32 Å². The van der Waals surface area contributed by atoms with E-state index in [0.717, 1.165) is 45.4 Å². The van der Waals surface area contributed by atoms with Gasteiger partial charge in [-0.25, -0.2) is 4.79 Å². The zero-order valence-corrected chi connectivity index (χ0v) is 12.0. The van der Waals surface area contributed by atoms with Gasteiger partial charge in [0.05, 0.1) is 6.07 Å². The first-order valence-electron chi connectivity index (χ1n) is 7.21. The summed E-state index contributed by atoms with van der Waals surface area (Å²) in [5.74, 6) is 0.565. The molecular weight excluding hydrogens is 240 g/mol. The van der Waals surface area contributed by atoms with E-state index in [1.54, 1.807) is 0 Å². The van der Waals surface area contributed by atoms with Gasteiger partial charge in [-0.3, -0.25) is 0 Å². The van der Waals surface area contributed by atoms with Gasteiger partial charge in [0, 0.05) is 26.2 Å². The van der Waals surface area contributed by atoms with Gasteiger partial charge in [0.2, 0.25) is 0 Å². The molecule has 2 fully saturated rings. The molecule has 0 saturated carbocycles. The lowest BCUT2D eigenvalue weighted by molar-refractivity contribution is 0.146. The Kier molecular flexibility index (Phi) is 4.31. The van der Waals surface area contributed by atoms with Crippen LogP contribution in [0.4, 0.5) is 4.79 Å². The van der Waals surface area contributed by atoms with Crippen molar-refractivity contribution in [2.24, 2.45) is 5.92 Å². The van der Waals surface area contributed by atoms with Gasteiger partial charge in [0.1, 0.15) is 5.54 Å². The number of carbonyl (C=O) groups is 1. The summed E-state index contributed by atoms with van der Waals surface area (Å²) < 4.78 is 0. The van der Waals surface area contributed by atoms with Crippen molar-refractivity contribution in [2.45, 2.75) is 38.1 Å². The van der Waals surface area contributed by atoms with Gasteiger partial charge in [0.25, 0.3) is 0 Å². The molecule has 5 heteroatoms. The second-order valence-corrected chi connectivity index (χ2v) is 6.12. The van der Waals surface area contributed by atoms with Crippen molar-refractivity contribution in [3.8, 4) is 6.07 Å². The van der Waals surface area contributed by atoms with Gasteiger partial charge in [-0.2, -0.15) is 5.26 Å². The van der Waals surface area contributed by atoms with Crippen molar-refractivity contribution >= 4 is 6.03 Å². The molecule has 1 N–H and O–H groups in total. The Hall–Kier alpha value is -1.28. The van der Waals surface area contributed by atoms with E-state index in [-0.39, 0.29) is 6.03 Å². The number of urea groups is 1. The zero-order valence-electron chi connectivity index (χ0n) is 12.0. The van der Waals surface area contributed by atoms with Crippen LogP contribution in [0.5, 0.6) is 0 Å². The first kappa shape index (κ1) is 14.1. The average Bonchev–Trinajstić information content (AvgIpc) is 2.42. The van der Waals surface area contributed by atoms with E-state index in [1.165, 1.54) is 6.42 Å². The minimum Gasteiger partial charge on any atom is -0.325 e. The molecule has 0 aromatic heterocycles. The third-order valence-electron chi connectivity index (χ3n) is 4.35. The number of piperidine rings is 2. The van der Waals surface area contributed by atoms with Crippen molar-refractivity contribution in [3.63, 3.8) is 0 Å². The normalized spacial score (nSPS) is 27.6. The molecule has 2 rings (SSSR count). The van der Waals surface area contributed by atoms with E-state index < -0.39 is 5.54 Å². The first-order valence-corrected chi connectivity index (χ1v) is 7.21. The third-order valence-corrected chi connectivity index (χ3v) is 4.35. The molecule has 0 radical (unpaired) electrons. The Balaban J connectivity index is 1.95. The van der Waals surface area contributed by atoms with Crippen molar-refractivity contribution in [1.29, 1.82) is 5.26 Å². The van der Waals surface area contributed by atoms with Gasteiger partial charge in [0.15, 0.2) is 0 Å². The van der Waals surface area contributed by atoms with E-state index in [0.29, 0.717) is 5.92 Å². The number of nitriles is 1. The van der Waals surface area contributed by atoms with Crippen LogP contribution in [-0.4, -0.2) is 54.6 Å². The van der Waals surface area contributed by atoms with Crippen molar-refractivity contribution in [2.75, 3.05) is 33.2 Å². The Bertz CT molecular complexity index is 368. The molecule has 2 heterocycles. The summed E-state index contributed by atoms with van der Waals surface area (Å²) >= 11 is 0. The summed E-state index contributed by atoms with van der Waals surface area (Å²) in [5.41, 5.74) is -0.662. The van der Waals surface area contributed by atoms with Gasteiger partial charge in [-0.05, 0) is 38.6 Å². The van der Waals surface area contributed by atoms with Crippen LogP contribution in [0.2, 0.25) is 0 Å². The van der Waals surface area contributed by atoms with Crippen molar-refractivity contribution < 1.29 is 4.79 Å². The number of carbonyl (C=O) groups excluding carboxylic acids is 1. The van der Waals surface area contributed by atoms with Crippen LogP contribution in [0.25, 0.3) is 0 Å². The summed E-state index contributed by atoms with van der Waals surface area (Å²) in [6.45, 7) is 5.54. The standard InChI is InChI=1S/C14H24N4O/c1-12-4-3-7-18(10-12)13(19)16-14(11-15)5-8-17(2)9-6-14/h12H,3-10H2,1-2H3,(H,16,19). The van der Waals surface area contributed by atoms with Crippen molar-refractivity contribution in [1.82, 2.24) is 15.1 Å². The van der Waals surface area contributed by atoms with Gasteiger partial charge >= 0.3 is 6.03 Å². The number of nitrogens with zero attached hydrogens (tertiary/aromatic N) is 3. The van der Waals surface area contributed by atoms with E-state index >= 15 is 0 Å². The highest BCUT2D eigenvalue weighted by Crippen LogP contribution is 2.22. The lowest BCUT2D eigenvalue weighted by Gasteiger charge is -2.39. The van der Waals surface area contributed by atoms with Crippen LogP contribution >= 0.6 is 0 Å². The Labute approximate surface area is 115 Å². The monoisotopic (exact) mass is 264 g/mol. The topological polar surface area (TPSA) is 59.4 Å². The molecule has 2 aliphatic rings. The van der Waals surface area contributed by atoms with Gasteiger partial charge < -0.3 is 15.1 Å². The summed E-state index contributed by atoms with van der Waals surface area (Å²) in [6.07, 6.45) is 3.69. The third kappa shape index (κ3) is 3.38. The smallest absolute Gasteiger partial charge is 0.318 e. The van der Waals surface area contributed by atoms with Gasteiger partial charge in [-0.1, -0.05) is 6.92 Å². The Morgan fingerprint density at radius 3 is 2.63 bits per heavy atom. The maximum Gasteiger partial charge on any atom is 0.318 e. The van der Waals surface area contributed by atoms with Crippen LogP contribution in [0.1, 0.15) is 32.6 Å². The molecule has 19 heavy (non-hydrogen) atoms. The van der Waals surface area contributed by atoms with E-state index in [2.05, 4.69) is 30.3 Å². The highest BCUT2D eigenvalue weighted by atomic mass is 16.2. The maximum absolute atomic E-state index is 12.3. The second kappa shape index (κ2) is 5.79. The molecule has 1 atom stereocenters. The Morgan fingerprint density at radius 2 is 2.05 bits per heavy atom. The van der Waals surface area contributed by atoms with E-state index in [4.69, 9.17) is 0 Å². The molecule has 2 aliphatic heterocycles. The first-order chi connectivity index (χ1) is 9.04. The second-order valence-electron chi connectivity index (χ2n) is 6.12. The fourth-order valence-electron chi connectivity index (χ4n) is 2.92. The van der Waals surface area contributed by atoms with E-state index in [9.17, 15) is 10.1 Å². The summed E-state index contributed by atoms with van der Waals surface area (Å²) in [7, 11) is 2.05. The number of hydrogen-bond acceptors (Lipinski definition) is 3.